The van der Waals surface area contributed by atoms with Crippen LogP contribution in [0.2, 0.25) is 0 Å². The molecule has 3 aliphatic heterocycles. The van der Waals surface area contributed by atoms with Gasteiger partial charge in [-0.15, -0.1) is 0 Å². The molecule has 3 aromatic carbocycles. The van der Waals surface area contributed by atoms with Gasteiger partial charge in [0, 0.05) is 44.5 Å². The molecule has 7 rings (SSSR count). The lowest BCUT2D eigenvalue weighted by Crippen LogP contribution is -2.36. The third-order valence-electron chi connectivity index (χ3n) is 8.12. The van der Waals surface area contributed by atoms with Crippen LogP contribution in [0.1, 0.15) is 23.2 Å². The maximum atomic E-state index is 15.8. The highest BCUT2D eigenvalue weighted by atomic mass is 19.1. The molecule has 0 saturated carbocycles. The van der Waals surface area contributed by atoms with Crippen molar-refractivity contribution in [3.8, 4) is 17.2 Å². The average molecular weight is 514 g/mol. The van der Waals surface area contributed by atoms with Crippen molar-refractivity contribution in [2.75, 3.05) is 38.1 Å². The molecule has 0 spiro atoms. The number of nitrogens with one attached hydrogen (secondary N) is 1. The molecule has 0 radical (unpaired) electrons. The van der Waals surface area contributed by atoms with Crippen LogP contribution in [0.5, 0.6) is 11.5 Å². The smallest absolute Gasteiger partial charge is 0.259 e. The molecule has 0 bridgehead atoms. The molecule has 3 N–H and O–H groups in total. The largest absolute Gasteiger partial charge is 0.451 e. The first kappa shape index (κ1) is 23.2. The summed E-state index contributed by atoms with van der Waals surface area (Å²) in [6.07, 6.45) is 3.16. The molecule has 8 nitrogen and oxygen atoms in total. The molecule has 2 atom stereocenters. The zero-order valence-electron chi connectivity index (χ0n) is 21.0. The maximum absolute atomic E-state index is 15.8. The van der Waals surface area contributed by atoms with Crippen LogP contribution in [0, 0.1) is 5.82 Å². The van der Waals surface area contributed by atoms with E-state index < -0.39 is 11.2 Å². The highest BCUT2D eigenvalue weighted by Crippen LogP contribution is 2.48. The van der Waals surface area contributed by atoms with Crippen LogP contribution < -0.4 is 26.1 Å². The lowest BCUT2D eigenvalue weighted by atomic mass is 10.0. The monoisotopic (exact) mass is 513 g/mol. The number of nitrogens with two attached hydrogens (primary N) is 1. The van der Waals surface area contributed by atoms with Gasteiger partial charge in [0.05, 0.1) is 11.1 Å². The van der Waals surface area contributed by atoms with Gasteiger partial charge < -0.3 is 30.2 Å². The van der Waals surface area contributed by atoms with Crippen LogP contribution >= 0.6 is 0 Å². The number of benzene rings is 3. The molecule has 2 unspecified atom stereocenters. The van der Waals surface area contributed by atoms with E-state index in [1.165, 1.54) is 6.07 Å². The van der Waals surface area contributed by atoms with E-state index in [1.54, 1.807) is 11.1 Å². The van der Waals surface area contributed by atoms with E-state index in [4.69, 9.17) is 10.5 Å². The van der Waals surface area contributed by atoms with E-state index in [1.807, 2.05) is 52.9 Å². The van der Waals surface area contributed by atoms with Gasteiger partial charge in [0.25, 0.3) is 5.91 Å². The van der Waals surface area contributed by atoms with Crippen molar-refractivity contribution in [3.63, 3.8) is 0 Å². The predicted molar refractivity (Wildman–Crippen MR) is 145 cm³/mol. The number of amides is 1. The molecule has 9 heteroatoms. The number of hydrogen-bond acceptors (Lipinski definition) is 6. The lowest BCUT2D eigenvalue weighted by molar-refractivity contribution is 0.0788. The summed E-state index contributed by atoms with van der Waals surface area (Å²) in [4.78, 5) is 30.9. The summed E-state index contributed by atoms with van der Waals surface area (Å²) in [6.45, 7) is 2.16. The van der Waals surface area contributed by atoms with Crippen LogP contribution in [0.4, 0.5) is 10.1 Å². The zero-order chi connectivity index (χ0) is 26.1. The third-order valence-corrected chi connectivity index (χ3v) is 8.12. The lowest BCUT2D eigenvalue weighted by Gasteiger charge is -2.29. The second kappa shape index (κ2) is 8.54. The molecule has 4 aromatic rings. The van der Waals surface area contributed by atoms with Crippen LogP contribution in [-0.4, -0.2) is 60.7 Å². The summed E-state index contributed by atoms with van der Waals surface area (Å²) in [5, 5.41) is 5.28. The minimum atomic E-state index is -0.560. The van der Waals surface area contributed by atoms with Gasteiger partial charge in [0.2, 0.25) is 5.43 Å². The Balaban J connectivity index is 1.50. The molecule has 1 aromatic heterocycles. The van der Waals surface area contributed by atoms with E-state index in [9.17, 15) is 9.59 Å². The molecule has 3 aliphatic rings. The quantitative estimate of drug-likeness (QED) is 0.384. The van der Waals surface area contributed by atoms with Crippen molar-refractivity contribution in [3.05, 3.63) is 70.3 Å². The standard InChI is InChI=1S/C29H28FN5O3/c1-32-19-7-9-34(14-19)29(37)21-15-35-23-10-16-4-2-3-5-17(16)11-24(23)38-28-25(35)20(27(21)36)12-22(30)26(28)33-8-6-18(31)13-33/h2-5,10-12,15,18-19,32H,6-9,13-14,31H2,1H3. The number of hydrogen-bond donors (Lipinski definition) is 2. The summed E-state index contributed by atoms with van der Waals surface area (Å²) >= 11 is 0. The van der Waals surface area contributed by atoms with E-state index in [0.29, 0.717) is 48.8 Å². The summed E-state index contributed by atoms with van der Waals surface area (Å²) in [5.41, 5.74) is 7.13. The van der Waals surface area contributed by atoms with Crippen molar-refractivity contribution >= 4 is 33.3 Å². The van der Waals surface area contributed by atoms with Crippen molar-refractivity contribution < 1.29 is 13.9 Å². The Morgan fingerprint density at radius 3 is 2.61 bits per heavy atom. The molecule has 2 fully saturated rings. The Labute approximate surface area is 218 Å². The molecular formula is C29H28FN5O3. The Hall–Kier alpha value is -3.95. The van der Waals surface area contributed by atoms with E-state index >= 15 is 4.39 Å². The van der Waals surface area contributed by atoms with Crippen LogP contribution in [0.25, 0.3) is 27.4 Å². The van der Waals surface area contributed by atoms with Gasteiger partial charge in [-0.05, 0) is 48.9 Å². The van der Waals surface area contributed by atoms with Crippen LogP contribution in [-0.2, 0) is 0 Å². The first-order valence-electron chi connectivity index (χ1n) is 13.0. The Morgan fingerprint density at radius 2 is 1.89 bits per heavy atom. The number of likely N-dealkylation sites (tertiary alicyclic amines) is 1. The molecule has 2 saturated heterocycles. The summed E-state index contributed by atoms with van der Waals surface area (Å²) in [6, 6.07) is 13.2. The number of carbonyl (C=O) groups is 1. The summed E-state index contributed by atoms with van der Waals surface area (Å²) in [7, 11) is 1.87. The minimum absolute atomic E-state index is 0.0246. The van der Waals surface area contributed by atoms with E-state index in [0.717, 1.165) is 23.6 Å². The fourth-order valence-electron chi connectivity index (χ4n) is 6.08. The second-order valence-electron chi connectivity index (χ2n) is 10.5. The summed E-state index contributed by atoms with van der Waals surface area (Å²) < 4.78 is 24.1. The number of fused-ring (bicyclic) bond motifs is 3. The molecule has 194 valence electrons. The van der Waals surface area contributed by atoms with Crippen LogP contribution in [0.3, 0.4) is 0 Å². The van der Waals surface area contributed by atoms with Gasteiger partial charge in [0.15, 0.2) is 17.3 Å². The zero-order valence-corrected chi connectivity index (χ0v) is 21.0. The fraction of sp³-hybridized carbons (Fsp3) is 0.310. The Morgan fingerprint density at radius 1 is 1.11 bits per heavy atom. The topological polar surface area (TPSA) is 92.8 Å². The van der Waals surface area contributed by atoms with Gasteiger partial charge in [0.1, 0.15) is 16.8 Å². The number of pyridine rings is 1. The normalized spacial score (nSPS) is 20.3. The number of aromatic nitrogens is 1. The van der Waals surface area contributed by atoms with Gasteiger partial charge in [-0.2, -0.15) is 0 Å². The third kappa shape index (κ3) is 3.42. The number of carbonyl (C=O) groups excluding carboxylic acids is 1. The maximum Gasteiger partial charge on any atom is 0.259 e. The van der Waals surface area contributed by atoms with Gasteiger partial charge in [-0.25, -0.2) is 4.39 Å². The molecule has 1 amide bonds. The van der Waals surface area contributed by atoms with Crippen molar-refractivity contribution in [1.82, 2.24) is 14.8 Å². The average Bonchev–Trinajstić information content (AvgIpc) is 3.57. The number of likely N-dealkylation sites (N-methyl/N-ethyl adjacent to an activating group) is 1. The van der Waals surface area contributed by atoms with Gasteiger partial charge in [-0.3, -0.25) is 9.59 Å². The number of ether oxygens (including phenoxy) is 1. The Bertz CT molecular complexity index is 1700. The summed E-state index contributed by atoms with van der Waals surface area (Å²) in [5.74, 6) is -0.0880. The highest BCUT2D eigenvalue weighted by Gasteiger charge is 2.34. The number of anilines is 1. The van der Waals surface area contributed by atoms with Crippen LogP contribution in [0.15, 0.2) is 53.5 Å². The molecule has 38 heavy (non-hydrogen) atoms. The van der Waals surface area contributed by atoms with E-state index in [2.05, 4.69) is 5.32 Å². The Kier molecular flexibility index (Phi) is 5.21. The molecular weight excluding hydrogens is 485 g/mol. The van der Waals surface area contributed by atoms with E-state index in [-0.39, 0.29) is 34.7 Å². The highest BCUT2D eigenvalue weighted by molar-refractivity contribution is 6.02. The number of nitrogens with zero attached hydrogens (tertiary/aromatic N) is 3. The van der Waals surface area contributed by atoms with Gasteiger partial charge in [-0.1, -0.05) is 24.3 Å². The first-order chi connectivity index (χ1) is 18.4. The fourth-order valence-corrected chi connectivity index (χ4v) is 6.08. The van der Waals surface area contributed by atoms with Gasteiger partial charge >= 0.3 is 0 Å². The SMILES string of the molecule is CNC1CCN(C(=O)c2cn3c4c(c(N5CCC(N)C5)c(F)cc4c2=O)Oc2cc4ccccc4cc2-3)C1. The van der Waals surface area contributed by atoms with Crippen molar-refractivity contribution in [2.24, 2.45) is 5.73 Å². The second-order valence-corrected chi connectivity index (χ2v) is 10.5. The molecule has 0 aliphatic carbocycles. The number of rotatable bonds is 3. The first-order valence-corrected chi connectivity index (χ1v) is 13.0. The minimum Gasteiger partial charge on any atom is -0.451 e. The molecule has 4 heterocycles. The number of halogens is 1. The van der Waals surface area contributed by atoms with Crippen molar-refractivity contribution in [1.29, 1.82) is 0 Å². The van der Waals surface area contributed by atoms with Crippen molar-refractivity contribution in [2.45, 2.75) is 24.9 Å². The predicted octanol–water partition coefficient (Wildman–Crippen LogP) is 3.36.